The van der Waals surface area contributed by atoms with Crippen LogP contribution >= 0.6 is 23.2 Å². The van der Waals surface area contributed by atoms with E-state index in [1.807, 2.05) is 0 Å². The van der Waals surface area contributed by atoms with E-state index in [2.05, 4.69) is 4.98 Å². The van der Waals surface area contributed by atoms with Crippen molar-refractivity contribution in [2.45, 2.75) is 13.5 Å². The lowest BCUT2D eigenvalue weighted by Gasteiger charge is -2.07. The van der Waals surface area contributed by atoms with Crippen LogP contribution in [0.4, 0.5) is 0 Å². The second kappa shape index (κ2) is 4.47. The molecule has 0 saturated heterocycles. The fraction of sp³-hybridized carbons (Fsp3) is 0.182. The van der Waals surface area contributed by atoms with E-state index >= 15 is 0 Å². The van der Waals surface area contributed by atoms with Gasteiger partial charge in [-0.1, -0.05) is 17.7 Å². The van der Waals surface area contributed by atoms with Gasteiger partial charge in [-0.3, -0.25) is 14.2 Å². The number of rotatable bonds is 2. The first-order valence-electron chi connectivity index (χ1n) is 4.84. The minimum atomic E-state index is -0.402. The van der Waals surface area contributed by atoms with Crippen molar-refractivity contribution >= 4 is 39.9 Å². The molecule has 1 aromatic carbocycles. The van der Waals surface area contributed by atoms with E-state index in [1.54, 1.807) is 18.2 Å². The van der Waals surface area contributed by atoms with Crippen LogP contribution in [-0.4, -0.2) is 15.3 Å². The van der Waals surface area contributed by atoms with Crippen LogP contribution in [-0.2, 0) is 11.3 Å². The molecule has 2 rings (SSSR count). The first-order valence-corrected chi connectivity index (χ1v) is 5.60. The Hall–Kier alpha value is -1.39. The van der Waals surface area contributed by atoms with Gasteiger partial charge >= 0.3 is 0 Å². The summed E-state index contributed by atoms with van der Waals surface area (Å²) in [4.78, 5) is 27.2. The van der Waals surface area contributed by atoms with Crippen molar-refractivity contribution in [3.63, 3.8) is 0 Å². The molecule has 6 heteroatoms. The summed E-state index contributed by atoms with van der Waals surface area (Å²) in [5.74, 6) is -0.179. The molecule has 17 heavy (non-hydrogen) atoms. The molecule has 2 aromatic rings. The molecule has 4 nitrogen and oxygen atoms in total. The van der Waals surface area contributed by atoms with Gasteiger partial charge in [-0.25, -0.2) is 4.98 Å². The van der Waals surface area contributed by atoms with Crippen molar-refractivity contribution in [2.75, 3.05) is 0 Å². The van der Waals surface area contributed by atoms with Crippen molar-refractivity contribution in [3.8, 4) is 0 Å². The minimum Gasteiger partial charge on any atom is -0.298 e. The Morgan fingerprint density at radius 2 is 2.12 bits per heavy atom. The quantitative estimate of drug-likeness (QED) is 0.787. The summed E-state index contributed by atoms with van der Waals surface area (Å²) in [7, 11) is 0. The summed E-state index contributed by atoms with van der Waals surface area (Å²) in [6, 6.07) is 4.92. The fourth-order valence-corrected chi connectivity index (χ4v) is 2.03. The average molecular weight is 271 g/mol. The average Bonchev–Trinajstić information content (AvgIpc) is 2.23. The van der Waals surface area contributed by atoms with Crippen molar-refractivity contribution < 1.29 is 4.79 Å². The summed E-state index contributed by atoms with van der Waals surface area (Å²) < 4.78 is 1.11. The number of hydrogen-bond acceptors (Lipinski definition) is 3. The van der Waals surface area contributed by atoms with E-state index < -0.39 is 5.56 Å². The number of halogens is 2. The maximum Gasteiger partial charge on any atom is 0.264 e. The molecule has 0 atom stereocenters. The zero-order valence-corrected chi connectivity index (χ0v) is 10.4. The van der Waals surface area contributed by atoms with Crippen molar-refractivity contribution in [1.82, 2.24) is 9.55 Å². The fourth-order valence-electron chi connectivity index (χ4n) is 1.56. The summed E-state index contributed by atoms with van der Waals surface area (Å²) in [6.07, 6.45) is 0. The number of ketones is 1. The Bertz CT molecular complexity index is 664. The topological polar surface area (TPSA) is 52.0 Å². The summed E-state index contributed by atoms with van der Waals surface area (Å²) >= 11 is 11.8. The molecule has 0 N–H and O–H groups in total. The Kier molecular flexibility index (Phi) is 3.17. The van der Waals surface area contributed by atoms with E-state index in [9.17, 15) is 9.59 Å². The lowest BCUT2D eigenvalue weighted by Crippen LogP contribution is -2.25. The summed E-state index contributed by atoms with van der Waals surface area (Å²) in [5, 5.41) is 0.564. The predicted octanol–water partition coefficient (Wildman–Crippen LogP) is 2.29. The van der Waals surface area contributed by atoms with Gasteiger partial charge in [0.15, 0.2) is 0 Å². The number of hydrogen-bond donors (Lipinski definition) is 0. The van der Waals surface area contributed by atoms with Crippen molar-refractivity contribution in [3.05, 3.63) is 38.9 Å². The van der Waals surface area contributed by atoms with Gasteiger partial charge in [-0.15, -0.1) is 0 Å². The van der Waals surface area contributed by atoms with Gasteiger partial charge in [0, 0.05) is 0 Å². The highest BCUT2D eigenvalue weighted by atomic mass is 35.5. The van der Waals surface area contributed by atoms with Gasteiger partial charge in [-0.05, 0) is 30.7 Å². The predicted molar refractivity (Wildman–Crippen MR) is 66.7 cm³/mol. The molecule has 0 aliphatic rings. The number of Topliss-reactive ketones (excluding diaryl/α,β-unsaturated/α-hetero) is 1. The van der Waals surface area contributed by atoms with Gasteiger partial charge in [0.2, 0.25) is 5.28 Å². The highest BCUT2D eigenvalue weighted by Crippen LogP contribution is 2.19. The SMILES string of the molecule is CC(=O)Cn1c(Cl)nc2cccc(Cl)c2c1=O. The Morgan fingerprint density at radius 3 is 2.76 bits per heavy atom. The number of fused-ring (bicyclic) bond motifs is 1. The molecule has 0 unspecified atom stereocenters. The van der Waals surface area contributed by atoms with Crippen LogP contribution in [0, 0.1) is 0 Å². The monoisotopic (exact) mass is 270 g/mol. The van der Waals surface area contributed by atoms with E-state index in [4.69, 9.17) is 23.2 Å². The Morgan fingerprint density at radius 1 is 1.41 bits per heavy atom. The Labute approximate surface area is 107 Å². The standard InChI is InChI=1S/C11H8Cl2N2O2/c1-6(16)5-15-10(17)9-7(12)3-2-4-8(9)14-11(15)13/h2-4H,5H2,1H3. The van der Waals surface area contributed by atoms with Gasteiger partial charge in [0.05, 0.1) is 22.5 Å². The second-order valence-corrected chi connectivity index (χ2v) is 4.35. The van der Waals surface area contributed by atoms with Crippen LogP contribution in [0.5, 0.6) is 0 Å². The van der Waals surface area contributed by atoms with Crippen LogP contribution in [0.15, 0.2) is 23.0 Å². The highest BCUT2D eigenvalue weighted by molar-refractivity contribution is 6.35. The summed E-state index contributed by atoms with van der Waals surface area (Å²) in [5.41, 5.74) is 0.0214. The molecule has 0 aliphatic heterocycles. The third kappa shape index (κ3) is 2.18. The number of carbonyl (C=O) groups excluding carboxylic acids is 1. The van der Waals surface area contributed by atoms with Crippen molar-refractivity contribution in [2.24, 2.45) is 0 Å². The van der Waals surface area contributed by atoms with Crippen LogP contribution < -0.4 is 5.56 Å². The van der Waals surface area contributed by atoms with Gasteiger partial charge < -0.3 is 0 Å². The number of nitrogens with zero attached hydrogens (tertiary/aromatic N) is 2. The molecule has 0 fully saturated rings. The second-order valence-electron chi connectivity index (χ2n) is 3.61. The van der Waals surface area contributed by atoms with Gasteiger partial charge in [-0.2, -0.15) is 0 Å². The van der Waals surface area contributed by atoms with Crippen LogP contribution in [0.3, 0.4) is 0 Å². The van der Waals surface area contributed by atoms with Crippen molar-refractivity contribution in [1.29, 1.82) is 0 Å². The molecule has 0 radical (unpaired) electrons. The molecule has 88 valence electrons. The molecule has 1 aromatic heterocycles. The maximum absolute atomic E-state index is 12.1. The van der Waals surface area contributed by atoms with E-state index in [1.165, 1.54) is 6.92 Å². The first-order chi connectivity index (χ1) is 8.00. The summed E-state index contributed by atoms with van der Waals surface area (Å²) in [6.45, 7) is 1.27. The molecular formula is C11H8Cl2N2O2. The highest BCUT2D eigenvalue weighted by Gasteiger charge is 2.12. The van der Waals surface area contributed by atoms with Gasteiger partial charge in [0.25, 0.3) is 5.56 Å². The molecule has 0 amide bonds. The van der Waals surface area contributed by atoms with Crippen LogP contribution in [0.2, 0.25) is 10.3 Å². The number of benzene rings is 1. The molecule has 0 bridgehead atoms. The van der Waals surface area contributed by atoms with E-state index in [0.29, 0.717) is 10.5 Å². The first kappa shape index (κ1) is 12.1. The normalized spacial score (nSPS) is 10.8. The van der Waals surface area contributed by atoms with E-state index in [-0.39, 0.29) is 23.0 Å². The Balaban J connectivity index is 2.83. The molecule has 0 spiro atoms. The zero-order chi connectivity index (χ0) is 12.6. The molecule has 1 heterocycles. The third-order valence-electron chi connectivity index (χ3n) is 2.27. The zero-order valence-electron chi connectivity index (χ0n) is 8.91. The van der Waals surface area contributed by atoms with E-state index in [0.717, 1.165) is 4.57 Å². The lowest BCUT2D eigenvalue weighted by molar-refractivity contribution is -0.117. The van der Waals surface area contributed by atoms with Crippen LogP contribution in [0.1, 0.15) is 6.92 Å². The third-order valence-corrected chi connectivity index (χ3v) is 2.87. The molecule has 0 saturated carbocycles. The van der Waals surface area contributed by atoms with Gasteiger partial charge in [0.1, 0.15) is 5.78 Å². The smallest absolute Gasteiger partial charge is 0.264 e. The maximum atomic E-state index is 12.1. The minimum absolute atomic E-state index is 0.0139. The lowest BCUT2D eigenvalue weighted by atomic mass is 10.2. The number of carbonyl (C=O) groups is 1. The number of aromatic nitrogens is 2. The molecular weight excluding hydrogens is 263 g/mol. The van der Waals surface area contributed by atoms with Crippen LogP contribution in [0.25, 0.3) is 10.9 Å². The largest absolute Gasteiger partial charge is 0.298 e. The molecule has 0 aliphatic carbocycles.